The molecule has 1 aromatic heterocycles. The molecule has 0 unspecified atom stereocenters. The average molecular weight is 221 g/mol. The van der Waals surface area contributed by atoms with E-state index in [0.29, 0.717) is 12.5 Å². The highest BCUT2D eigenvalue weighted by molar-refractivity contribution is 5.27. The van der Waals surface area contributed by atoms with Crippen molar-refractivity contribution in [2.24, 2.45) is 5.11 Å². The van der Waals surface area contributed by atoms with Crippen LogP contribution < -0.4 is 0 Å². The molecular formula is C10H15N5O. The first-order valence-electron chi connectivity index (χ1n) is 5.45. The Kier molecular flexibility index (Phi) is 3.44. The number of ether oxygens (including phenoxy) is 1. The SMILES string of the molecule is Cc1[nH]nc(C2CCOCC2)c1CN=[N+]=[N-]. The summed E-state index contributed by atoms with van der Waals surface area (Å²) in [4.78, 5) is 2.80. The van der Waals surface area contributed by atoms with Gasteiger partial charge in [-0.2, -0.15) is 5.10 Å². The molecule has 6 nitrogen and oxygen atoms in total. The molecule has 1 aliphatic heterocycles. The molecule has 2 heterocycles. The number of nitrogens with zero attached hydrogens (tertiary/aromatic N) is 4. The number of aryl methyl sites for hydroxylation is 1. The third-order valence-electron chi connectivity index (χ3n) is 3.01. The smallest absolute Gasteiger partial charge is 0.0690 e. The first-order chi connectivity index (χ1) is 7.83. The molecule has 0 saturated carbocycles. The van der Waals surface area contributed by atoms with Crippen molar-refractivity contribution in [1.29, 1.82) is 0 Å². The van der Waals surface area contributed by atoms with Gasteiger partial charge < -0.3 is 4.74 Å². The Bertz CT molecular complexity index is 401. The Morgan fingerprint density at radius 3 is 3.00 bits per heavy atom. The Morgan fingerprint density at radius 1 is 1.56 bits per heavy atom. The summed E-state index contributed by atoms with van der Waals surface area (Å²) in [7, 11) is 0. The van der Waals surface area contributed by atoms with Crippen LogP contribution in [0.3, 0.4) is 0 Å². The molecule has 0 radical (unpaired) electrons. The zero-order chi connectivity index (χ0) is 11.4. The quantitative estimate of drug-likeness (QED) is 0.482. The van der Waals surface area contributed by atoms with Gasteiger partial charge in [-0.05, 0) is 25.3 Å². The predicted octanol–water partition coefficient (Wildman–Crippen LogP) is 2.42. The number of aromatic amines is 1. The van der Waals surface area contributed by atoms with Gasteiger partial charge in [0.05, 0.1) is 12.2 Å². The van der Waals surface area contributed by atoms with E-state index in [2.05, 4.69) is 20.2 Å². The minimum Gasteiger partial charge on any atom is -0.381 e. The molecule has 0 aliphatic carbocycles. The van der Waals surface area contributed by atoms with Gasteiger partial charge in [0, 0.05) is 35.3 Å². The van der Waals surface area contributed by atoms with Crippen LogP contribution in [0.1, 0.15) is 35.7 Å². The first kappa shape index (κ1) is 11.0. The monoisotopic (exact) mass is 221 g/mol. The maximum absolute atomic E-state index is 8.36. The van der Waals surface area contributed by atoms with Gasteiger partial charge >= 0.3 is 0 Å². The Balaban J connectivity index is 2.21. The lowest BCUT2D eigenvalue weighted by atomic mass is 9.93. The number of hydrogen-bond acceptors (Lipinski definition) is 3. The third kappa shape index (κ3) is 2.18. The Morgan fingerprint density at radius 2 is 2.31 bits per heavy atom. The fraction of sp³-hybridized carbons (Fsp3) is 0.700. The van der Waals surface area contributed by atoms with Gasteiger partial charge in [-0.15, -0.1) is 0 Å². The van der Waals surface area contributed by atoms with Crippen LogP contribution in [-0.2, 0) is 11.3 Å². The summed E-state index contributed by atoms with van der Waals surface area (Å²) in [6.45, 7) is 3.92. The lowest BCUT2D eigenvalue weighted by Gasteiger charge is -2.21. The topological polar surface area (TPSA) is 86.7 Å². The Hall–Kier alpha value is -1.52. The lowest BCUT2D eigenvalue weighted by molar-refractivity contribution is 0.0843. The van der Waals surface area contributed by atoms with Crippen molar-refractivity contribution in [3.63, 3.8) is 0 Å². The van der Waals surface area contributed by atoms with E-state index in [4.69, 9.17) is 10.3 Å². The zero-order valence-electron chi connectivity index (χ0n) is 9.31. The molecule has 1 aliphatic rings. The van der Waals surface area contributed by atoms with E-state index in [1.165, 1.54) is 0 Å². The van der Waals surface area contributed by atoms with Gasteiger partial charge in [0.25, 0.3) is 0 Å². The molecule has 6 heteroatoms. The second-order valence-corrected chi connectivity index (χ2v) is 3.99. The Labute approximate surface area is 93.6 Å². The summed E-state index contributed by atoms with van der Waals surface area (Å²) in [5.41, 5.74) is 11.5. The van der Waals surface area contributed by atoms with E-state index in [9.17, 15) is 0 Å². The highest BCUT2D eigenvalue weighted by Gasteiger charge is 2.22. The molecule has 1 N–H and O–H groups in total. The standard InChI is InChI=1S/C10H15N5O/c1-7-9(6-12-15-11)10(14-13-7)8-2-4-16-5-3-8/h8H,2-6H2,1H3,(H,13,14). The van der Waals surface area contributed by atoms with Gasteiger partial charge in [-0.3, -0.25) is 5.10 Å². The largest absolute Gasteiger partial charge is 0.381 e. The van der Waals surface area contributed by atoms with Gasteiger partial charge in [0.1, 0.15) is 0 Å². The first-order valence-corrected chi connectivity index (χ1v) is 5.45. The summed E-state index contributed by atoms with van der Waals surface area (Å²) in [5, 5.41) is 10.9. The molecule has 0 atom stereocenters. The van der Waals surface area contributed by atoms with Crippen LogP contribution in [-0.4, -0.2) is 23.4 Å². The van der Waals surface area contributed by atoms with Crippen molar-refractivity contribution in [1.82, 2.24) is 10.2 Å². The zero-order valence-corrected chi connectivity index (χ0v) is 9.31. The molecule has 0 amide bonds. The molecule has 16 heavy (non-hydrogen) atoms. The summed E-state index contributed by atoms with van der Waals surface area (Å²) in [6, 6.07) is 0. The normalized spacial score (nSPS) is 17.1. The second-order valence-electron chi connectivity index (χ2n) is 3.99. The molecular weight excluding hydrogens is 206 g/mol. The molecule has 86 valence electrons. The molecule has 0 bridgehead atoms. The van der Waals surface area contributed by atoms with E-state index in [0.717, 1.165) is 43.0 Å². The summed E-state index contributed by atoms with van der Waals surface area (Å²) < 4.78 is 5.33. The van der Waals surface area contributed by atoms with Crippen molar-refractivity contribution in [2.45, 2.75) is 32.2 Å². The fourth-order valence-corrected chi connectivity index (χ4v) is 2.08. The van der Waals surface area contributed by atoms with E-state index >= 15 is 0 Å². The highest BCUT2D eigenvalue weighted by Crippen LogP contribution is 2.29. The summed E-state index contributed by atoms with van der Waals surface area (Å²) >= 11 is 0. The number of aromatic nitrogens is 2. The number of hydrogen-bond donors (Lipinski definition) is 1. The van der Waals surface area contributed by atoms with Gasteiger partial charge in [0.2, 0.25) is 0 Å². The minimum absolute atomic E-state index is 0.380. The number of H-pyrrole nitrogens is 1. The van der Waals surface area contributed by atoms with Crippen molar-refractivity contribution < 1.29 is 4.74 Å². The van der Waals surface area contributed by atoms with Crippen LogP contribution in [0.4, 0.5) is 0 Å². The van der Waals surface area contributed by atoms with Crippen LogP contribution in [0.15, 0.2) is 5.11 Å². The number of azide groups is 1. The van der Waals surface area contributed by atoms with Crippen molar-refractivity contribution in [2.75, 3.05) is 13.2 Å². The van der Waals surface area contributed by atoms with Crippen molar-refractivity contribution in [3.8, 4) is 0 Å². The van der Waals surface area contributed by atoms with Crippen LogP contribution >= 0.6 is 0 Å². The minimum atomic E-state index is 0.380. The van der Waals surface area contributed by atoms with Crippen LogP contribution in [0, 0.1) is 6.92 Å². The van der Waals surface area contributed by atoms with Crippen LogP contribution in [0.5, 0.6) is 0 Å². The maximum Gasteiger partial charge on any atom is 0.0690 e. The molecule has 1 aromatic rings. The van der Waals surface area contributed by atoms with E-state index < -0.39 is 0 Å². The van der Waals surface area contributed by atoms with Crippen molar-refractivity contribution in [3.05, 3.63) is 27.4 Å². The van der Waals surface area contributed by atoms with E-state index in [-0.39, 0.29) is 0 Å². The van der Waals surface area contributed by atoms with Crippen LogP contribution in [0.25, 0.3) is 10.4 Å². The summed E-state index contributed by atoms with van der Waals surface area (Å²) in [6.07, 6.45) is 1.99. The van der Waals surface area contributed by atoms with E-state index in [1.807, 2.05) is 6.92 Å². The van der Waals surface area contributed by atoms with Gasteiger partial charge in [-0.25, -0.2) is 0 Å². The molecule has 1 saturated heterocycles. The highest BCUT2D eigenvalue weighted by atomic mass is 16.5. The molecule has 2 rings (SSSR count). The summed E-state index contributed by atoms with van der Waals surface area (Å²) in [5.74, 6) is 0.433. The molecule has 0 aromatic carbocycles. The van der Waals surface area contributed by atoms with E-state index in [1.54, 1.807) is 0 Å². The molecule has 1 fully saturated rings. The predicted molar refractivity (Wildman–Crippen MR) is 59.0 cm³/mol. The van der Waals surface area contributed by atoms with Crippen molar-refractivity contribution >= 4 is 0 Å². The number of rotatable bonds is 3. The average Bonchev–Trinajstić information content (AvgIpc) is 2.69. The number of nitrogens with one attached hydrogen (secondary N) is 1. The fourth-order valence-electron chi connectivity index (χ4n) is 2.08. The second kappa shape index (κ2) is 5.01. The maximum atomic E-state index is 8.36. The van der Waals surface area contributed by atoms with Crippen LogP contribution in [0.2, 0.25) is 0 Å². The lowest BCUT2D eigenvalue weighted by Crippen LogP contribution is -2.15. The molecule has 0 spiro atoms. The third-order valence-corrected chi connectivity index (χ3v) is 3.01. The van der Waals surface area contributed by atoms with Gasteiger partial charge in [-0.1, -0.05) is 5.11 Å². The van der Waals surface area contributed by atoms with Gasteiger partial charge in [0.15, 0.2) is 0 Å².